The Morgan fingerprint density at radius 2 is 2.00 bits per heavy atom. The largest absolute Gasteiger partial charge is 0.320 e. The van der Waals surface area contributed by atoms with Crippen molar-refractivity contribution in [2.45, 2.75) is 13.8 Å². The standard InChI is InChI=1S/C16H15N5O/c1-11-3-4-13(12(2)9-11)18-16(22)14-5-6-15(20-19-14)21-8-7-17-10-21/h3-10H,1-2H3,(H,18,22). The van der Waals surface area contributed by atoms with E-state index in [2.05, 4.69) is 20.5 Å². The van der Waals surface area contributed by atoms with Gasteiger partial charge in [-0.15, -0.1) is 10.2 Å². The maximum atomic E-state index is 12.2. The van der Waals surface area contributed by atoms with Gasteiger partial charge in [0.2, 0.25) is 0 Å². The van der Waals surface area contributed by atoms with Gasteiger partial charge in [0.05, 0.1) is 0 Å². The van der Waals surface area contributed by atoms with Gasteiger partial charge < -0.3 is 5.32 Å². The molecule has 0 aliphatic heterocycles. The zero-order valence-corrected chi connectivity index (χ0v) is 12.3. The van der Waals surface area contributed by atoms with Crippen LogP contribution in [0.1, 0.15) is 21.6 Å². The van der Waals surface area contributed by atoms with Crippen molar-refractivity contribution in [2.24, 2.45) is 0 Å². The van der Waals surface area contributed by atoms with Crippen molar-refractivity contribution < 1.29 is 4.79 Å². The molecule has 3 rings (SSSR count). The zero-order chi connectivity index (χ0) is 15.5. The summed E-state index contributed by atoms with van der Waals surface area (Å²) in [5.41, 5.74) is 3.20. The number of amides is 1. The third kappa shape index (κ3) is 2.85. The molecule has 0 radical (unpaired) electrons. The molecule has 110 valence electrons. The van der Waals surface area contributed by atoms with Gasteiger partial charge >= 0.3 is 0 Å². The summed E-state index contributed by atoms with van der Waals surface area (Å²) < 4.78 is 1.72. The third-order valence-corrected chi connectivity index (χ3v) is 3.28. The molecular weight excluding hydrogens is 278 g/mol. The molecular formula is C16H15N5O. The van der Waals surface area contributed by atoms with Crippen molar-refractivity contribution in [3.63, 3.8) is 0 Å². The number of hydrogen-bond donors (Lipinski definition) is 1. The van der Waals surface area contributed by atoms with Crippen LogP contribution in [0.25, 0.3) is 5.82 Å². The van der Waals surface area contributed by atoms with Crippen LogP contribution >= 0.6 is 0 Å². The Morgan fingerprint density at radius 1 is 1.14 bits per heavy atom. The maximum absolute atomic E-state index is 12.2. The summed E-state index contributed by atoms with van der Waals surface area (Å²) in [6, 6.07) is 9.22. The molecule has 0 atom stereocenters. The minimum atomic E-state index is -0.281. The molecule has 0 bridgehead atoms. The average Bonchev–Trinajstić information content (AvgIpc) is 3.04. The zero-order valence-electron chi connectivity index (χ0n) is 12.3. The predicted octanol–water partition coefficient (Wildman–Crippen LogP) is 2.53. The van der Waals surface area contributed by atoms with Gasteiger partial charge in [-0.2, -0.15) is 0 Å². The van der Waals surface area contributed by atoms with Crippen LogP contribution < -0.4 is 5.32 Å². The lowest BCUT2D eigenvalue weighted by Gasteiger charge is -2.08. The van der Waals surface area contributed by atoms with E-state index >= 15 is 0 Å². The van der Waals surface area contributed by atoms with E-state index in [1.807, 2.05) is 32.0 Å². The van der Waals surface area contributed by atoms with E-state index in [1.165, 1.54) is 0 Å². The van der Waals surface area contributed by atoms with Crippen LogP contribution in [0.2, 0.25) is 0 Å². The molecule has 1 N–H and O–H groups in total. The number of anilines is 1. The summed E-state index contributed by atoms with van der Waals surface area (Å²) in [6.07, 6.45) is 5.04. The van der Waals surface area contributed by atoms with Crippen molar-refractivity contribution >= 4 is 11.6 Å². The molecule has 22 heavy (non-hydrogen) atoms. The van der Waals surface area contributed by atoms with E-state index in [9.17, 15) is 4.79 Å². The Labute approximate surface area is 127 Å². The highest BCUT2D eigenvalue weighted by Gasteiger charge is 2.10. The Bertz CT molecular complexity index is 794. The summed E-state index contributed by atoms with van der Waals surface area (Å²) in [5.74, 6) is 0.331. The summed E-state index contributed by atoms with van der Waals surface area (Å²) in [4.78, 5) is 16.2. The molecule has 0 aliphatic carbocycles. The molecule has 2 aromatic heterocycles. The molecule has 0 saturated heterocycles. The summed E-state index contributed by atoms with van der Waals surface area (Å²) >= 11 is 0. The summed E-state index contributed by atoms with van der Waals surface area (Å²) in [6.45, 7) is 3.97. The predicted molar refractivity (Wildman–Crippen MR) is 83.0 cm³/mol. The minimum Gasteiger partial charge on any atom is -0.320 e. The molecule has 0 saturated carbocycles. The first kappa shape index (κ1) is 13.9. The minimum absolute atomic E-state index is 0.267. The Hall–Kier alpha value is -3.02. The number of aryl methyl sites for hydroxylation is 2. The van der Waals surface area contributed by atoms with E-state index < -0.39 is 0 Å². The van der Waals surface area contributed by atoms with Gasteiger partial charge in [-0.3, -0.25) is 9.36 Å². The molecule has 2 heterocycles. The van der Waals surface area contributed by atoms with Crippen molar-refractivity contribution in [2.75, 3.05) is 5.32 Å². The van der Waals surface area contributed by atoms with Crippen LogP contribution in [-0.4, -0.2) is 25.7 Å². The van der Waals surface area contributed by atoms with Crippen LogP contribution in [0.5, 0.6) is 0 Å². The number of carbonyl (C=O) groups excluding carboxylic acids is 1. The number of imidazole rings is 1. The Kier molecular flexibility index (Phi) is 3.65. The number of hydrogen-bond acceptors (Lipinski definition) is 4. The van der Waals surface area contributed by atoms with Gasteiger partial charge in [0.25, 0.3) is 5.91 Å². The second-order valence-electron chi connectivity index (χ2n) is 5.02. The van der Waals surface area contributed by atoms with Gasteiger partial charge in [0, 0.05) is 18.1 Å². The SMILES string of the molecule is Cc1ccc(NC(=O)c2ccc(-n3ccnc3)nn2)c(C)c1. The van der Waals surface area contributed by atoms with Crippen LogP contribution in [0.3, 0.4) is 0 Å². The first-order chi connectivity index (χ1) is 10.6. The fourth-order valence-electron chi connectivity index (χ4n) is 2.12. The van der Waals surface area contributed by atoms with Crippen LogP contribution in [-0.2, 0) is 0 Å². The topological polar surface area (TPSA) is 72.7 Å². The van der Waals surface area contributed by atoms with E-state index in [4.69, 9.17) is 0 Å². The van der Waals surface area contributed by atoms with Gasteiger partial charge in [0.15, 0.2) is 11.5 Å². The second-order valence-corrected chi connectivity index (χ2v) is 5.02. The van der Waals surface area contributed by atoms with Crippen LogP contribution in [0.15, 0.2) is 49.1 Å². The highest BCUT2D eigenvalue weighted by Crippen LogP contribution is 2.16. The fraction of sp³-hybridized carbons (Fsp3) is 0.125. The van der Waals surface area contributed by atoms with Gasteiger partial charge in [-0.25, -0.2) is 4.98 Å². The molecule has 0 unspecified atom stereocenters. The number of aromatic nitrogens is 4. The van der Waals surface area contributed by atoms with Crippen molar-refractivity contribution in [1.82, 2.24) is 19.7 Å². The lowest BCUT2D eigenvalue weighted by Crippen LogP contribution is -2.15. The normalized spacial score (nSPS) is 10.5. The van der Waals surface area contributed by atoms with Gasteiger partial charge in [-0.05, 0) is 37.6 Å². The van der Waals surface area contributed by atoms with E-state index in [1.54, 1.807) is 35.4 Å². The highest BCUT2D eigenvalue weighted by atomic mass is 16.1. The van der Waals surface area contributed by atoms with E-state index in [0.717, 1.165) is 16.8 Å². The van der Waals surface area contributed by atoms with Crippen LogP contribution in [0.4, 0.5) is 5.69 Å². The first-order valence-electron chi connectivity index (χ1n) is 6.84. The quantitative estimate of drug-likeness (QED) is 0.805. The monoisotopic (exact) mass is 293 g/mol. The molecule has 1 amide bonds. The number of rotatable bonds is 3. The molecule has 0 fully saturated rings. The summed E-state index contributed by atoms with van der Waals surface area (Å²) in [5, 5.41) is 10.8. The number of nitrogens with one attached hydrogen (secondary N) is 1. The molecule has 1 aromatic carbocycles. The lowest BCUT2D eigenvalue weighted by molar-refractivity contribution is 0.102. The second kappa shape index (κ2) is 5.77. The molecule has 3 aromatic rings. The average molecular weight is 293 g/mol. The molecule has 6 nitrogen and oxygen atoms in total. The molecule has 6 heteroatoms. The smallest absolute Gasteiger partial charge is 0.276 e. The maximum Gasteiger partial charge on any atom is 0.276 e. The Morgan fingerprint density at radius 3 is 2.64 bits per heavy atom. The van der Waals surface area contributed by atoms with Crippen LogP contribution in [0, 0.1) is 13.8 Å². The fourth-order valence-corrected chi connectivity index (χ4v) is 2.12. The lowest BCUT2D eigenvalue weighted by atomic mass is 10.1. The van der Waals surface area contributed by atoms with Crippen molar-refractivity contribution in [3.05, 3.63) is 65.9 Å². The van der Waals surface area contributed by atoms with Gasteiger partial charge in [0.1, 0.15) is 6.33 Å². The first-order valence-corrected chi connectivity index (χ1v) is 6.84. The molecule has 0 spiro atoms. The number of carbonyl (C=O) groups is 1. The van der Waals surface area contributed by atoms with E-state index in [0.29, 0.717) is 5.82 Å². The van der Waals surface area contributed by atoms with E-state index in [-0.39, 0.29) is 11.6 Å². The molecule has 0 aliphatic rings. The summed E-state index contributed by atoms with van der Waals surface area (Å²) in [7, 11) is 0. The number of benzene rings is 1. The number of nitrogens with zero attached hydrogens (tertiary/aromatic N) is 4. The third-order valence-electron chi connectivity index (χ3n) is 3.28. The highest BCUT2D eigenvalue weighted by molar-refractivity contribution is 6.03. The Balaban J connectivity index is 1.77. The van der Waals surface area contributed by atoms with Crippen molar-refractivity contribution in [3.8, 4) is 5.82 Å². The van der Waals surface area contributed by atoms with Gasteiger partial charge in [-0.1, -0.05) is 17.7 Å². The van der Waals surface area contributed by atoms with Crippen molar-refractivity contribution in [1.29, 1.82) is 0 Å².